The lowest BCUT2D eigenvalue weighted by Gasteiger charge is -2.20. The van der Waals surface area contributed by atoms with Crippen molar-refractivity contribution in [1.29, 1.82) is 5.26 Å². The number of carbonyl (C=O) groups is 1. The van der Waals surface area contributed by atoms with Crippen LogP contribution in [0.15, 0.2) is 0 Å². The van der Waals surface area contributed by atoms with E-state index >= 15 is 0 Å². The molecule has 1 aliphatic heterocycles. The lowest BCUT2D eigenvalue weighted by molar-refractivity contribution is -0.120. The summed E-state index contributed by atoms with van der Waals surface area (Å²) in [5, 5.41) is 12.1. The Bertz CT molecular complexity index is 319. The molecule has 1 aliphatic carbocycles. The summed E-state index contributed by atoms with van der Waals surface area (Å²) in [6, 6.07) is 2.68. The zero-order chi connectivity index (χ0) is 12.1. The molecule has 0 amide bonds. The zero-order valence-electron chi connectivity index (χ0n) is 10.1. The van der Waals surface area contributed by atoms with E-state index < -0.39 is 5.54 Å². The summed E-state index contributed by atoms with van der Waals surface area (Å²) >= 11 is 0. The summed E-state index contributed by atoms with van der Waals surface area (Å²) in [5.41, 5.74) is 5.46. The standard InChI is InChI=1S/C12H20N4O/c13-9-12(11(17)5-7-14-12)6-8-15-16-10-3-1-2-4-10/h10,14-16H,1-8H2. The van der Waals surface area contributed by atoms with Crippen molar-refractivity contribution in [1.82, 2.24) is 16.2 Å². The van der Waals surface area contributed by atoms with Gasteiger partial charge >= 0.3 is 0 Å². The fourth-order valence-electron chi connectivity index (χ4n) is 2.62. The predicted octanol–water partition coefficient (Wildman–Crippen LogP) is 0.238. The third kappa shape index (κ3) is 2.83. The quantitative estimate of drug-likeness (QED) is 0.471. The van der Waals surface area contributed by atoms with Crippen molar-refractivity contribution < 1.29 is 4.79 Å². The number of hydrazine groups is 1. The molecule has 1 unspecified atom stereocenters. The highest BCUT2D eigenvalue weighted by atomic mass is 16.1. The molecule has 17 heavy (non-hydrogen) atoms. The van der Waals surface area contributed by atoms with Gasteiger partial charge in [-0.1, -0.05) is 12.8 Å². The maximum atomic E-state index is 11.6. The van der Waals surface area contributed by atoms with Crippen LogP contribution in [0.1, 0.15) is 38.5 Å². The Morgan fingerprint density at radius 2 is 2.24 bits per heavy atom. The van der Waals surface area contributed by atoms with Crippen molar-refractivity contribution in [2.45, 2.75) is 50.1 Å². The first-order valence-electron chi connectivity index (χ1n) is 6.45. The number of nitrogens with one attached hydrogen (secondary N) is 3. The summed E-state index contributed by atoms with van der Waals surface area (Å²) in [6.45, 7) is 1.27. The molecule has 1 saturated carbocycles. The van der Waals surface area contributed by atoms with Crippen LogP contribution >= 0.6 is 0 Å². The van der Waals surface area contributed by atoms with Gasteiger partial charge in [-0.3, -0.25) is 21.0 Å². The molecule has 5 heteroatoms. The van der Waals surface area contributed by atoms with E-state index in [4.69, 9.17) is 5.26 Å². The van der Waals surface area contributed by atoms with Crippen molar-refractivity contribution in [3.63, 3.8) is 0 Å². The Morgan fingerprint density at radius 1 is 1.47 bits per heavy atom. The van der Waals surface area contributed by atoms with Gasteiger partial charge in [0.25, 0.3) is 0 Å². The number of carbonyl (C=O) groups excluding carboxylic acids is 1. The Morgan fingerprint density at radius 3 is 2.82 bits per heavy atom. The van der Waals surface area contributed by atoms with Crippen LogP contribution in [0.3, 0.4) is 0 Å². The van der Waals surface area contributed by atoms with Crippen LogP contribution in [-0.2, 0) is 4.79 Å². The molecular formula is C12H20N4O. The lowest BCUT2D eigenvalue weighted by atomic mass is 9.94. The van der Waals surface area contributed by atoms with Gasteiger partial charge in [-0.25, -0.2) is 0 Å². The molecule has 0 bridgehead atoms. The molecule has 0 aromatic carbocycles. The molecule has 5 nitrogen and oxygen atoms in total. The minimum Gasteiger partial charge on any atom is -0.296 e. The Hall–Kier alpha value is -0.960. The van der Waals surface area contributed by atoms with Crippen LogP contribution in [0, 0.1) is 11.3 Å². The highest BCUT2D eigenvalue weighted by Crippen LogP contribution is 2.19. The van der Waals surface area contributed by atoms with E-state index in [1.165, 1.54) is 25.7 Å². The Kier molecular flexibility index (Phi) is 4.11. The first kappa shape index (κ1) is 12.5. The number of nitriles is 1. The van der Waals surface area contributed by atoms with E-state index in [1.54, 1.807) is 0 Å². The van der Waals surface area contributed by atoms with Crippen molar-refractivity contribution in [2.24, 2.45) is 0 Å². The molecule has 0 aromatic rings. The monoisotopic (exact) mass is 236 g/mol. The molecule has 2 fully saturated rings. The average molecular weight is 236 g/mol. The van der Waals surface area contributed by atoms with Crippen LogP contribution in [0.2, 0.25) is 0 Å². The second kappa shape index (κ2) is 5.58. The van der Waals surface area contributed by atoms with Gasteiger partial charge in [-0.15, -0.1) is 0 Å². The van der Waals surface area contributed by atoms with E-state index in [0.29, 0.717) is 32.0 Å². The minimum atomic E-state index is -0.940. The molecule has 3 N–H and O–H groups in total. The number of hydrogen-bond acceptors (Lipinski definition) is 5. The van der Waals surface area contributed by atoms with Gasteiger partial charge in [0.1, 0.15) is 0 Å². The first-order valence-corrected chi connectivity index (χ1v) is 6.45. The molecule has 1 heterocycles. The second-order valence-corrected chi connectivity index (χ2v) is 4.92. The Balaban J connectivity index is 1.70. The molecule has 2 aliphatic rings. The van der Waals surface area contributed by atoms with E-state index in [1.807, 2.05) is 0 Å². The fraction of sp³-hybridized carbons (Fsp3) is 0.833. The topological polar surface area (TPSA) is 77.0 Å². The molecular weight excluding hydrogens is 216 g/mol. The van der Waals surface area contributed by atoms with Crippen LogP contribution in [0.25, 0.3) is 0 Å². The van der Waals surface area contributed by atoms with Crippen LogP contribution in [-0.4, -0.2) is 30.5 Å². The van der Waals surface area contributed by atoms with Crippen LogP contribution < -0.4 is 16.2 Å². The normalized spacial score (nSPS) is 29.7. The second-order valence-electron chi connectivity index (χ2n) is 4.92. The van der Waals surface area contributed by atoms with Gasteiger partial charge in [0.2, 0.25) is 0 Å². The van der Waals surface area contributed by atoms with Crippen molar-refractivity contribution >= 4 is 5.78 Å². The minimum absolute atomic E-state index is 0.0302. The smallest absolute Gasteiger partial charge is 0.168 e. The molecule has 2 rings (SSSR count). The maximum Gasteiger partial charge on any atom is 0.168 e. The molecule has 0 aromatic heterocycles. The molecule has 94 valence electrons. The lowest BCUT2D eigenvalue weighted by Crippen LogP contribution is -2.48. The average Bonchev–Trinajstić information content (AvgIpc) is 2.95. The van der Waals surface area contributed by atoms with Gasteiger partial charge in [0.15, 0.2) is 11.3 Å². The summed E-state index contributed by atoms with van der Waals surface area (Å²) in [5.74, 6) is 0.0302. The third-order valence-electron chi connectivity index (χ3n) is 3.73. The van der Waals surface area contributed by atoms with E-state index in [0.717, 1.165) is 0 Å². The predicted molar refractivity (Wildman–Crippen MR) is 64.0 cm³/mol. The van der Waals surface area contributed by atoms with Crippen LogP contribution in [0.4, 0.5) is 0 Å². The highest BCUT2D eigenvalue weighted by Gasteiger charge is 2.41. The third-order valence-corrected chi connectivity index (χ3v) is 3.73. The van der Waals surface area contributed by atoms with E-state index in [9.17, 15) is 4.79 Å². The van der Waals surface area contributed by atoms with Crippen molar-refractivity contribution in [3.8, 4) is 6.07 Å². The summed E-state index contributed by atoms with van der Waals surface area (Å²) in [7, 11) is 0. The van der Waals surface area contributed by atoms with Crippen LogP contribution in [0.5, 0.6) is 0 Å². The Labute approximate surface area is 102 Å². The van der Waals surface area contributed by atoms with Gasteiger partial charge in [-0.05, 0) is 12.8 Å². The zero-order valence-corrected chi connectivity index (χ0v) is 10.1. The fourth-order valence-corrected chi connectivity index (χ4v) is 2.62. The first-order chi connectivity index (χ1) is 8.27. The van der Waals surface area contributed by atoms with E-state index in [2.05, 4.69) is 22.2 Å². The largest absolute Gasteiger partial charge is 0.296 e. The number of nitrogens with zero attached hydrogens (tertiary/aromatic N) is 1. The van der Waals surface area contributed by atoms with E-state index in [-0.39, 0.29) is 5.78 Å². The summed E-state index contributed by atoms with van der Waals surface area (Å²) in [6.07, 6.45) is 6.02. The summed E-state index contributed by atoms with van der Waals surface area (Å²) < 4.78 is 0. The van der Waals surface area contributed by atoms with Crippen molar-refractivity contribution in [3.05, 3.63) is 0 Å². The van der Waals surface area contributed by atoms with Gasteiger partial charge in [-0.2, -0.15) is 5.26 Å². The number of ketones is 1. The molecule has 1 saturated heterocycles. The van der Waals surface area contributed by atoms with Gasteiger partial charge < -0.3 is 0 Å². The maximum absolute atomic E-state index is 11.6. The van der Waals surface area contributed by atoms with Gasteiger partial charge in [0, 0.05) is 32.0 Å². The number of hydrogen-bond donors (Lipinski definition) is 3. The van der Waals surface area contributed by atoms with Gasteiger partial charge in [0.05, 0.1) is 6.07 Å². The molecule has 1 atom stereocenters. The SMILES string of the molecule is N#CC1(CCNNC2CCCC2)NCCC1=O. The number of Topliss-reactive ketones (excluding diaryl/α,β-unsaturated/α-hetero) is 1. The summed E-state index contributed by atoms with van der Waals surface area (Å²) in [4.78, 5) is 11.6. The molecule has 0 spiro atoms. The number of rotatable bonds is 5. The molecule has 0 radical (unpaired) electrons. The van der Waals surface area contributed by atoms with Crippen molar-refractivity contribution in [2.75, 3.05) is 13.1 Å². The highest BCUT2D eigenvalue weighted by molar-refractivity contribution is 5.93.